The molecule has 0 aromatic carbocycles. The Morgan fingerprint density at radius 3 is 2.54 bits per heavy atom. The molecule has 0 aromatic heterocycles. The fourth-order valence-electron chi connectivity index (χ4n) is 3.81. The summed E-state index contributed by atoms with van der Waals surface area (Å²) in [5.74, 6) is 0.834. The summed E-state index contributed by atoms with van der Waals surface area (Å²) in [6, 6.07) is 0. The summed E-state index contributed by atoms with van der Waals surface area (Å²) in [5, 5.41) is 0. The van der Waals surface area contributed by atoms with Crippen molar-refractivity contribution in [1.29, 1.82) is 0 Å². The predicted molar refractivity (Wildman–Crippen MR) is 53.4 cm³/mol. The topological polar surface area (TPSA) is 35.2 Å². The first-order chi connectivity index (χ1) is 6.08. The summed E-state index contributed by atoms with van der Waals surface area (Å²) < 4.78 is 5.59. The number of hydrogen-bond donors (Lipinski definition) is 1. The molecule has 0 aromatic rings. The van der Waals surface area contributed by atoms with Crippen LogP contribution < -0.4 is 5.73 Å². The third-order valence-electron chi connectivity index (χ3n) is 5.01. The Morgan fingerprint density at radius 1 is 1.46 bits per heavy atom. The number of nitrogens with two attached hydrogens (primary N) is 1. The van der Waals surface area contributed by atoms with Crippen molar-refractivity contribution in [3.05, 3.63) is 0 Å². The van der Waals surface area contributed by atoms with Gasteiger partial charge in [0, 0.05) is 19.1 Å². The molecular weight excluding hydrogens is 162 g/mol. The largest absolute Gasteiger partial charge is 0.381 e. The van der Waals surface area contributed by atoms with Gasteiger partial charge in [-0.15, -0.1) is 0 Å². The summed E-state index contributed by atoms with van der Waals surface area (Å²) in [4.78, 5) is 0. The molecule has 13 heavy (non-hydrogen) atoms. The van der Waals surface area contributed by atoms with Crippen LogP contribution in [-0.2, 0) is 4.74 Å². The molecule has 2 fully saturated rings. The van der Waals surface area contributed by atoms with Crippen molar-refractivity contribution in [2.24, 2.45) is 22.5 Å². The van der Waals surface area contributed by atoms with E-state index in [1.807, 2.05) is 7.11 Å². The van der Waals surface area contributed by atoms with E-state index < -0.39 is 0 Å². The molecule has 0 spiro atoms. The highest BCUT2D eigenvalue weighted by Crippen LogP contribution is 2.65. The molecule has 0 amide bonds. The molecule has 2 saturated carbocycles. The highest BCUT2D eigenvalue weighted by molar-refractivity contribution is 5.13. The van der Waals surface area contributed by atoms with Crippen LogP contribution >= 0.6 is 0 Å². The molecule has 0 heterocycles. The lowest BCUT2D eigenvalue weighted by atomic mass is 9.68. The maximum absolute atomic E-state index is 5.97. The van der Waals surface area contributed by atoms with Crippen molar-refractivity contribution in [2.75, 3.05) is 13.7 Å². The van der Waals surface area contributed by atoms with Crippen molar-refractivity contribution < 1.29 is 4.74 Å². The first-order valence-corrected chi connectivity index (χ1v) is 5.31. The minimum absolute atomic E-state index is 0.270. The van der Waals surface area contributed by atoms with Crippen LogP contribution in [-0.4, -0.2) is 19.8 Å². The number of hydrogen-bond acceptors (Lipinski definition) is 2. The fraction of sp³-hybridized carbons (Fsp3) is 1.00. The first-order valence-electron chi connectivity index (χ1n) is 5.31. The highest BCUT2D eigenvalue weighted by Gasteiger charge is 2.63. The van der Waals surface area contributed by atoms with E-state index in [-0.39, 0.29) is 5.41 Å². The van der Waals surface area contributed by atoms with Crippen LogP contribution in [0.3, 0.4) is 0 Å². The summed E-state index contributed by atoms with van der Waals surface area (Å²) in [6.07, 6.45) is 4.25. The molecule has 2 aliphatic rings. The molecule has 76 valence electrons. The van der Waals surface area contributed by atoms with Crippen molar-refractivity contribution in [3.63, 3.8) is 0 Å². The van der Waals surface area contributed by atoms with E-state index in [4.69, 9.17) is 10.5 Å². The summed E-state index contributed by atoms with van der Waals surface area (Å²) in [7, 11) is 1.83. The fourth-order valence-corrected chi connectivity index (χ4v) is 3.81. The van der Waals surface area contributed by atoms with Gasteiger partial charge >= 0.3 is 0 Å². The Balaban J connectivity index is 2.35. The van der Waals surface area contributed by atoms with Gasteiger partial charge in [0.15, 0.2) is 0 Å². The first kappa shape index (κ1) is 9.47. The molecule has 2 heteroatoms. The molecule has 2 rings (SSSR count). The third-order valence-corrected chi connectivity index (χ3v) is 5.01. The molecule has 3 atom stereocenters. The second kappa shape index (κ2) is 2.71. The molecule has 0 radical (unpaired) electrons. The molecule has 2 bridgehead atoms. The van der Waals surface area contributed by atoms with Gasteiger partial charge < -0.3 is 10.5 Å². The quantitative estimate of drug-likeness (QED) is 0.708. The summed E-state index contributed by atoms with van der Waals surface area (Å²) >= 11 is 0. The lowest BCUT2D eigenvalue weighted by molar-refractivity contribution is -0.0264. The van der Waals surface area contributed by atoms with E-state index in [9.17, 15) is 0 Å². The number of ether oxygens (including phenoxy) is 1. The van der Waals surface area contributed by atoms with E-state index in [2.05, 4.69) is 13.8 Å². The predicted octanol–water partition coefficient (Wildman–Crippen LogP) is 1.79. The SMILES string of the molecule is CO[C@@H]1C[C@H]2CC[C@]1(CN)C2(C)C. The average molecular weight is 183 g/mol. The Labute approximate surface area is 80.8 Å². The van der Waals surface area contributed by atoms with E-state index in [0.717, 1.165) is 12.5 Å². The molecule has 2 nitrogen and oxygen atoms in total. The lowest BCUT2D eigenvalue weighted by Gasteiger charge is -2.40. The summed E-state index contributed by atoms with van der Waals surface area (Å²) in [5.41, 5.74) is 6.63. The maximum Gasteiger partial charge on any atom is 0.0647 e. The van der Waals surface area contributed by atoms with E-state index in [1.165, 1.54) is 19.3 Å². The minimum atomic E-state index is 0.270. The zero-order valence-electron chi connectivity index (χ0n) is 8.97. The number of methoxy groups -OCH3 is 1. The second-order valence-corrected chi connectivity index (χ2v) is 5.28. The molecular formula is C11H21NO. The van der Waals surface area contributed by atoms with Crippen molar-refractivity contribution in [3.8, 4) is 0 Å². The maximum atomic E-state index is 5.97. The Hall–Kier alpha value is -0.0800. The van der Waals surface area contributed by atoms with Crippen molar-refractivity contribution in [1.82, 2.24) is 0 Å². The van der Waals surface area contributed by atoms with Gasteiger partial charge in [0.25, 0.3) is 0 Å². The second-order valence-electron chi connectivity index (χ2n) is 5.28. The molecule has 0 aliphatic heterocycles. The van der Waals surface area contributed by atoms with Gasteiger partial charge in [0.1, 0.15) is 0 Å². The molecule has 0 saturated heterocycles. The average Bonchev–Trinajstić information content (AvgIpc) is 2.50. The monoisotopic (exact) mass is 183 g/mol. The van der Waals surface area contributed by atoms with Crippen LogP contribution in [0.1, 0.15) is 33.1 Å². The van der Waals surface area contributed by atoms with Gasteiger partial charge in [0.05, 0.1) is 6.10 Å². The van der Waals surface area contributed by atoms with E-state index in [0.29, 0.717) is 11.5 Å². The Morgan fingerprint density at radius 2 is 2.15 bits per heavy atom. The van der Waals surface area contributed by atoms with Gasteiger partial charge in [-0.05, 0) is 30.6 Å². The van der Waals surface area contributed by atoms with Crippen molar-refractivity contribution in [2.45, 2.75) is 39.2 Å². The number of rotatable bonds is 2. The molecule has 2 aliphatic carbocycles. The Bertz CT molecular complexity index is 214. The summed E-state index contributed by atoms with van der Waals surface area (Å²) in [6.45, 7) is 5.53. The molecule has 2 N–H and O–H groups in total. The zero-order chi connectivity index (χ0) is 9.69. The van der Waals surface area contributed by atoms with Crippen molar-refractivity contribution >= 4 is 0 Å². The minimum Gasteiger partial charge on any atom is -0.381 e. The van der Waals surface area contributed by atoms with Gasteiger partial charge in [-0.2, -0.15) is 0 Å². The Kier molecular flexibility index (Phi) is 1.97. The highest BCUT2D eigenvalue weighted by atomic mass is 16.5. The van der Waals surface area contributed by atoms with Crippen LogP contribution in [0.25, 0.3) is 0 Å². The van der Waals surface area contributed by atoms with Crippen LogP contribution in [0.4, 0.5) is 0 Å². The van der Waals surface area contributed by atoms with Gasteiger partial charge in [-0.3, -0.25) is 0 Å². The van der Waals surface area contributed by atoms with Gasteiger partial charge in [0.2, 0.25) is 0 Å². The van der Waals surface area contributed by atoms with Gasteiger partial charge in [-0.1, -0.05) is 13.8 Å². The number of fused-ring (bicyclic) bond motifs is 2. The van der Waals surface area contributed by atoms with E-state index >= 15 is 0 Å². The lowest BCUT2D eigenvalue weighted by Crippen LogP contribution is -2.45. The van der Waals surface area contributed by atoms with Gasteiger partial charge in [-0.25, -0.2) is 0 Å². The normalized spacial score (nSPS) is 47.1. The van der Waals surface area contributed by atoms with Crippen LogP contribution in [0.5, 0.6) is 0 Å². The standard InChI is InChI=1S/C11H21NO/c1-10(2)8-4-5-11(10,7-12)9(6-8)13-3/h8-9H,4-7,12H2,1-3H3/t8-,9-,11-/m1/s1. The molecule has 0 unspecified atom stereocenters. The third kappa shape index (κ3) is 0.909. The smallest absolute Gasteiger partial charge is 0.0647 e. The van der Waals surface area contributed by atoms with E-state index in [1.54, 1.807) is 0 Å². The van der Waals surface area contributed by atoms with Crippen LogP contribution in [0, 0.1) is 16.7 Å². The van der Waals surface area contributed by atoms with Crippen LogP contribution in [0.15, 0.2) is 0 Å². The zero-order valence-corrected chi connectivity index (χ0v) is 8.97. The van der Waals surface area contributed by atoms with Crippen LogP contribution in [0.2, 0.25) is 0 Å².